The third-order valence-electron chi connectivity index (χ3n) is 3.92. The van der Waals surface area contributed by atoms with Crippen molar-refractivity contribution in [3.05, 3.63) is 34.0 Å². The van der Waals surface area contributed by atoms with Crippen molar-refractivity contribution in [1.82, 2.24) is 5.32 Å². The van der Waals surface area contributed by atoms with Crippen molar-refractivity contribution < 1.29 is 9.69 Å². The molecule has 1 heterocycles. The molecule has 2 atom stereocenters. The number of thiophene rings is 1. The number of quaternary nitrogens is 1. The molecule has 2 rings (SSSR count). The average molecular weight is 339 g/mol. The van der Waals surface area contributed by atoms with Gasteiger partial charge in [-0.15, -0.1) is 11.3 Å². The lowest BCUT2D eigenvalue weighted by Gasteiger charge is -2.24. The van der Waals surface area contributed by atoms with E-state index in [2.05, 4.69) is 18.0 Å². The maximum atomic E-state index is 12.3. The molecule has 1 amide bonds. The van der Waals surface area contributed by atoms with Crippen LogP contribution in [-0.2, 0) is 11.3 Å². The Hall–Kier alpha value is -1.35. The predicted molar refractivity (Wildman–Crippen MR) is 88.8 cm³/mol. The minimum atomic E-state index is -0.734. The summed E-state index contributed by atoms with van der Waals surface area (Å²) in [6.07, 6.45) is 3.84. The van der Waals surface area contributed by atoms with Crippen molar-refractivity contribution >= 4 is 28.8 Å². The summed E-state index contributed by atoms with van der Waals surface area (Å²) in [5, 5.41) is 12.2. The molecule has 0 spiro atoms. The zero-order valence-corrected chi connectivity index (χ0v) is 14.3. The normalized spacial score (nSPS) is 18.0. The fourth-order valence-electron chi connectivity index (χ4n) is 2.55. The second-order valence-corrected chi connectivity index (χ2v) is 7.74. The molecule has 0 saturated heterocycles. The van der Waals surface area contributed by atoms with Gasteiger partial charge in [0.15, 0.2) is 6.54 Å². The smallest absolute Gasteiger partial charge is 0.276 e. The first kappa shape index (κ1) is 17.0. The Bertz CT molecular complexity index is 590. The van der Waals surface area contributed by atoms with Gasteiger partial charge in [-0.2, -0.15) is 5.26 Å². The number of carbonyl (C=O) groups excluding carboxylic acids is 1. The molecule has 0 aromatic carbocycles. The average Bonchev–Trinajstić information content (AvgIpc) is 3.24. The van der Waals surface area contributed by atoms with Crippen molar-refractivity contribution in [2.75, 3.05) is 13.1 Å². The molecule has 1 aliphatic carbocycles. The molecule has 1 fully saturated rings. The van der Waals surface area contributed by atoms with Gasteiger partial charge in [-0.05, 0) is 43.9 Å². The Morgan fingerprint density at radius 3 is 2.91 bits per heavy atom. The zero-order chi connectivity index (χ0) is 16.2. The highest BCUT2D eigenvalue weighted by Crippen LogP contribution is 2.39. The minimum absolute atomic E-state index is 0.0875. The van der Waals surface area contributed by atoms with Crippen LogP contribution in [0.15, 0.2) is 24.8 Å². The van der Waals surface area contributed by atoms with Crippen LogP contribution in [0.2, 0.25) is 4.34 Å². The van der Waals surface area contributed by atoms with E-state index in [1.165, 1.54) is 11.3 Å². The van der Waals surface area contributed by atoms with Gasteiger partial charge in [0.05, 0.1) is 21.8 Å². The van der Waals surface area contributed by atoms with Crippen LogP contribution in [0.1, 0.15) is 24.6 Å². The molecule has 1 saturated carbocycles. The molecule has 1 aromatic rings. The molecular formula is C16H21ClN3OS+. The molecule has 2 N–H and O–H groups in total. The molecule has 0 radical (unpaired) electrons. The van der Waals surface area contributed by atoms with Gasteiger partial charge in [-0.3, -0.25) is 4.79 Å². The third-order valence-corrected chi connectivity index (χ3v) is 5.15. The summed E-state index contributed by atoms with van der Waals surface area (Å²) >= 11 is 7.48. The van der Waals surface area contributed by atoms with E-state index in [0.717, 1.165) is 33.5 Å². The Labute approximate surface area is 140 Å². The van der Waals surface area contributed by atoms with Crippen LogP contribution in [0.3, 0.4) is 0 Å². The van der Waals surface area contributed by atoms with Crippen molar-refractivity contribution in [3.8, 4) is 6.07 Å². The van der Waals surface area contributed by atoms with Gasteiger partial charge in [0.2, 0.25) is 0 Å². The highest BCUT2D eigenvalue weighted by molar-refractivity contribution is 7.16. The standard InChI is InChI=1S/C16H20ClN3OS/c1-3-8-20(9-13-6-7-14(17)22-13)10-15(21)19-16(2,11-18)12-4-5-12/h3,6-7,12H,1,4-5,8-10H2,2H3,(H,19,21)/p+1/t16-/m1/s1. The largest absolute Gasteiger partial charge is 0.333 e. The van der Waals surface area contributed by atoms with Crippen molar-refractivity contribution in [2.24, 2.45) is 5.92 Å². The Morgan fingerprint density at radius 2 is 2.41 bits per heavy atom. The molecule has 22 heavy (non-hydrogen) atoms. The maximum absolute atomic E-state index is 12.3. The molecule has 0 aliphatic heterocycles. The van der Waals surface area contributed by atoms with Crippen LogP contribution >= 0.6 is 22.9 Å². The first-order valence-electron chi connectivity index (χ1n) is 7.38. The number of carbonyl (C=O) groups is 1. The second-order valence-electron chi connectivity index (χ2n) is 5.94. The number of nitrogens with zero attached hydrogens (tertiary/aromatic N) is 1. The number of nitrogens with one attached hydrogen (secondary N) is 2. The van der Waals surface area contributed by atoms with E-state index in [9.17, 15) is 10.1 Å². The molecular weight excluding hydrogens is 318 g/mol. The monoisotopic (exact) mass is 338 g/mol. The summed E-state index contributed by atoms with van der Waals surface area (Å²) in [4.78, 5) is 14.5. The van der Waals surface area contributed by atoms with Gasteiger partial charge in [0.25, 0.3) is 5.91 Å². The molecule has 6 heteroatoms. The molecule has 0 bridgehead atoms. The van der Waals surface area contributed by atoms with Crippen LogP contribution in [0.25, 0.3) is 0 Å². The van der Waals surface area contributed by atoms with Crippen LogP contribution in [0.4, 0.5) is 0 Å². The van der Waals surface area contributed by atoms with E-state index in [-0.39, 0.29) is 5.91 Å². The topological polar surface area (TPSA) is 57.3 Å². The predicted octanol–water partition coefficient (Wildman–Crippen LogP) is 1.78. The lowest BCUT2D eigenvalue weighted by atomic mass is 9.98. The summed E-state index contributed by atoms with van der Waals surface area (Å²) in [7, 11) is 0. The summed E-state index contributed by atoms with van der Waals surface area (Å²) in [5.41, 5.74) is -0.734. The van der Waals surface area contributed by atoms with Crippen LogP contribution in [0, 0.1) is 17.2 Å². The molecule has 4 nitrogen and oxygen atoms in total. The Morgan fingerprint density at radius 1 is 1.68 bits per heavy atom. The first-order valence-corrected chi connectivity index (χ1v) is 8.57. The highest BCUT2D eigenvalue weighted by atomic mass is 35.5. The van der Waals surface area contributed by atoms with Crippen molar-refractivity contribution in [3.63, 3.8) is 0 Å². The molecule has 1 unspecified atom stereocenters. The summed E-state index contributed by atoms with van der Waals surface area (Å²) in [6, 6.07) is 6.10. The zero-order valence-electron chi connectivity index (χ0n) is 12.7. The lowest BCUT2D eigenvalue weighted by molar-refractivity contribution is -0.899. The summed E-state index contributed by atoms with van der Waals surface area (Å²) in [6.45, 7) is 7.31. The fraction of sp³-hybridized carbons (Fsp3) is 0.500. The maximum Gasteiger partial charge on any atom is 0.276 e. The van der Waals surface area contributed by atoms with Crippen molar-refractivity contribution in [1.29, 1.82) is 5.26 Å². The van der Waals surface area contributed by atoms with E-state index in [1.54, 1.807) is 0 Å². The minimum Gasteiger partial charge on any atom is -0.333 e. The Kier molecular flexibility index (Phi) is 5.63. The van der Waals surface area contributed by atoms with Gasteiger partial charge >= 0.3 is 0 Å². The molecule has 1 aliphatic rings. The summed E-state index contributed by atoms with van der Waals surface area (Å²) < 4.78 is 0.753. The fourth-order valence-corrected chi connectivity index (χ4v) is 3.71. The lowest BCUT2D eigenvalue weighted by Crippen LogP contribution is -3.11. The van der Waals surface area contributed by atoms with E-state index < -0.39 is 5.54 Å². The van der Waals surface area contributed by atoms with Gasteiger partial charge < -0.3 is 10.2 Å². The number of hydrogen-bond donors (Lipinski definition) is 2. The van der Waals surface area contributed by atoms with E-state index in [0.29, 0.717) is 19.0 Å². The SMILES string of the molecule is C=CC[NH+](CC(=O)N[C@](C)(C#N)C1CC1)Cc1ccc(Cl)s1. The van der Waals surface area contributed by atoms with Gasteiger partial charge in [0, 0.05) is 0 Å². The second kappa shape index (κ2) is 7.28. The third kappa shape index (κ3) is 4.57. The Balaban J connectivity index is 1.93. The molecule has 1 aromatic heterocycles. The number of halogens is 1. The van der Waals surface area contributed by atoms with Gasteiger partial charge in [-0.25, -0.2) is 0 Å². The number of rotatable bonds is 8. The molecule has 118 valence electrons. The van der Waals surface area contributed by atoms with Crippen LogP contribution in [-0.4, -0.2) is 24.5 Å². The highest BCUT2D eigenvalue weighted by Gasteiger charge is 2.43. The van der Waals surface area contributed by atoms with Crippen molar-refractivity contribution in [2.45, 2.75) is 31.8 Å². The summed E-state index contributed by atoms with van der Waals surface area (Å²) in [5.74, 6) is 0.204. The quantitative estimate of drug-likeness (QED) is 0.710. The van der Waals surface area contributed by atoms with Crippen LogP contribution in [0.5, 0.6) is 0 Å². The van der Waals surface area contributed by atoms with E-state index >= 15 is 0 Å². The number of amides is 1. The number of nitriles is 1. The van der Waals surface area contributed by atoms with Gasteiger partial charge in [-0.1, -0.05) is 18.2 Å². The number of hydrogen-bond acceptors (Lipinski definition) is 3. The van der Waals surface area contributed by atoms with Crippen LogP contribution < -0.4 is 10.2 Å². The van der Waals surface area contributed by atoms with E-state index in [1.807, 2.05) is 25.1 Å². The van der Waals surface area contributed by atoms with E-state index in [4.69, 9.17) is 11.6 Å². The first-order chi connectivity index (χ1) is 10.5. The van der Waals surface area contributed by atoms with Gasteiger partial charge in [0.1, 0.15) is 12.1 Å².